The lowest BCUT2D eigenvalue weighted by molar-refractivity contribution is -0.153. The van der Waals surface area contributed by atoms with Crippen LogP contribution in [0.2, 0.25) is 0 Å². The second kappa shape index (κ2) is 5.63. The minimum absolute atomic E-state index is 0.131. The molecule has 1 aromatic carbocycles. The fourth-order valence-electron chi connectivity index (χ4n) is 1.80. The van der Waals surface area contributed by atoms with Crippen LogP contribution in [-0.2, 0) is 0 Å². The van der Waals surface area contributed by atoms with Crippen LogP contribution < -0.4 is 4.74 Å². The van der Waals surface area contributed by atoms with E-state index in [0.717, 1.165) is 11.1 Å². The van der Waals surface area contributed by atoms with E-state index in [9.17, 15) is 13.2 Å². The van der Waals surface area contributed by atoms with Gasteiger partial charge < -0.3 is 4.74 Å². The molecular weight excluding hydrogens is 241 g/mol. The van der Waals surface area contributed by atoms with Crippen molar-refractivity contribution in [1.29, 1.82) is 0 Å². The lowest BCUT2D eigenvalue weighted by Crippen LogP contribution is -2.20. The number of halogens is 3. The Morgan fingerprint density at radius 1 is 1.00 bits per heavy atom. The van der Waals surface area contributed by atoms with Crippen LogP contribution >= 0.6 is 0 Å². The van der Waals surface area contributed by atoms with Gasteiger partial charge in [0.15, 0.2) is 6.61 Å². The first-order valence-corrected chi connectivity index (χ1v) is 6.04. The summed E-state index contributed by atoms with van der Waals surface area (Å²) in [5.41, 5.74) is 1.65. The summed E-state index contributed by atoms with van der Waals surface area (Å²) < 4.78 is 41.9. The number of hydrogen-bond acceptors (Lipinski definition) is 1. The summed E-state index contributed by atoms with van der Waals surface area (Å²) in [7, 11) is 0. The van der Waals surface area contributed by atoms with Gasteiger partial charge in [-0.15, -0.1) is 0 Å². The minimum Gasteiger partial charge on any atom is -0.484 e. The summed E-state index contributed by atoms with van der Waals surface area (Å²) in [5, 5.41) is 0. The van der Waals surface area contributed by atoms with Gasteiger partial charge >= 0.3 is 6.18 Å². The Hall–Kier alpha value is -1.19. The first kappa shape index (κ1) is 14.9. The highest BCUT2D eigenvalue weighted by Crippen LogP contribution is 2.35. The largest absolute Gasteiger partial charge is 0.484 e. The van der Waals surface area contributed by atoms with Gasteiger partial charge in [-0.1, -0.05) is 45.9 Å². The van der Waals surface area contributed by atoms with Crippen LogP contribution in [0.3, 0.4) is 0 Å². The molecule has 0 radical (unpaired) electrons. The third-order valence-corrected chi connectivity index (χ3v) is 2.70. The molecule has 0 saturated carbocycles. The van der Waals surface area contributed by atoms with Crippen molar-refractivity contribution in [2.24, 2.45) is 0 Å². The fourth-order valence-corrected chi connectivity index (χ4v) is 1.80. The average molecular weight is 260 g/mol. The quantitative estimate of drug-likeness (QED) is 0.750. The topological polar surface area (TPSA) is 9.23 Å². The maximum Gasteiger partial charge on any atom is 0.422 e. The van der Waals surface area contributed by atoms with Crippen molar-refractivity contribution in [3.63, 3.8) is 0 Å². The molecule has 0 aliphatic heterocycles. The van der Waals surface area contributed by atoms with Gasteiger partial charge in [-0.3, -0.25) is 0 Å². The van der Waals surface area contributed by atoms with Crippen molar-refractivity contribution in [2.75, 3.05) is 6.61 Å². The number of ether oxygens (including phenoxy) is 1. The molecular formula is C14H19F3O. The predicted molar refractivity (Wildman–Crippen MR) is 66.2 cm³/mol. The van der Waals surface area contributed by atoms with E-state index in [2.05, 4.69) is 0 Å². The molecule has 18 heavy (non-hydrogen) atoms. The van der Waals surface area contributed by atoms with Gasteiger partial charge in [0.2, 0.25) is 0 Å². The van der Waals surface area contributed by atoms with Crippen LogP contribution in [0.1, 0.15) is 50.7 Å². The van der Waals surface area contributed by atoms with Crippen molar-refractivity contribution in [3.05, 3.63) is 29.3 Å². The van der Waals surface area contributed by atoms with E-state index in [4.69, 9.17) is 4.74 Å². The van der Waals surface area contributed by atoms with Gasteiger partial charge in [-0.25, -0.2) is 0 Å². The van der Waals surface area contributed by atoms with E-state index in [1.165, 1.54) is 0 Å². The Kier molecular flexibility index (Phi) is 4.65. The molecule has 0 heterocycles. The third kappa shape index (κ3) is 3.93. The summed E-state index contributed by atoms with van der Waals surface area (Å²) in [6, 6.07) is 5.51. The van der Waals surface area contributed by atoms with Crippen LogP contribution in [0.15, 0.2) is 18.2 Å². The highest BCUT2D eigenvalue weighted by Gasteiger charge is 2.29. The van der Waals surface area contributed by atoms with Crippen molar-refractivity contribution in [1.82, 2.24) is 0 Å². The van der Waals surface area contributed by atoms with Gasteiger partial charge in [0.05, 0.1) is 0 Å². The van der Waals surface area contributed by atoms with Gasteiger partial charge in [-0.05, 0) is 23.0 Å². The van der Waals surface area contributed by atoms with E-state index in [0.29, 0.717) is 5.75 Å². The molecule has 0 N–H and O–H groups in total. The van der Waals surface area contributed by atoms with Crippen molar-refractivity contribution < 1.29 is 17.9 Å². The SMILES string of the molecule is CC(C)c1cccc(C(C)C)c1OCC(F)(F)F. The molecule has 0 bridgehead atoms. The number of para-hydroxylation sites is 1. The second-order valence-electron chi connectivity index (χ2n) is 4.98. The van der Waals surface area contributed by atoms with E-state index in [1.807, 2.05) is 45.9 Å². The van der Waals surface area contributed by atoms with Gasteiger partial charge in [-0.2, -0.15) is 13.2 Å². The van der Waals surface area contributed by atoms with Crippen molar-refractivity contribution >= 4 is 0 Å². The molecule has 1 nitrogen and oxygen atoms in total. The normalized spacial score (nSPS) is 12.3. The zero-order valence-electron chi connectivity index (χ0n) is 11.1. The zero-order chi connectivity index (χ0) is 13.9. The zero-order valence-corrected chi connectivity index (χ0v) is 11.1. The van der Waals surface area contributed by atoms with Gasteiger partial charge in [0, 0.05) is 0 Å². The number of alkyl halides is 3. The number of rotatable bonds is 4. The van der Waals surface area contributed by atoms with Crippen LogP contribution in [0.25, 0.3) is 0 Å². The maximum atomic E-state index is 12.3. The van der Waals surface area contributed by atoms with E-state index < -0.39 is 12.8 Å². The van der Waals surface area contributed by atoms with E-state index in [-0.39, 0.29) is 11.8 Å². The third-order valence-electron chi connectivity index (χ3n) is 2.70. The molecule has 0 amide bonds. The molecule has 0 unspecified atom stereocenters. The van der Waals surface area contributed by atoms with Crippen molar-refractivity contribution in [2.45, 2.75) is 45.7 Å². The molecule has 4 heteroatoms. The van der Waals surface area contributed by atoms with Crippen molar-refractivity contribution in [3.8, 4) is 5.75 Å². The summed E-state index contributed by atoms with van der Waals surface area (Å²) in [5.74, 6) is 0.652. The molecule has 0 aromatic heterocycles. The average Bonchev–Trinajstić information content (AvgIpc) is 2.24. The minimum atomic E-state index is -4.31. The van der Waals surface area contributed by atoms with Gasteiger partial charge in [0.1, 0.15) is 5.75 Å². The van der Waals surface area contributed by atoms with Crippen LogP contribution in [0, 0.1) is 0 Å². The monoisotopic (exact) mass is 260 g/mol. The van der Waals surface area contributed by atoms with Crippen LogP contribution in [-0.4, -0.2) is 12.8 Å². The molecule has 1 rings (SSSR count). The standard InChI is InChI=1S/C14H19F3O/c1-9(2)11-6-5-7-12(10(3)4)13(11)18-8-14(15,16)17/h5-7,9-10H,8H2,1-4H3. The summed E-state index contributed by atoms with van der Waals surface area (Å²) in [4.78, 5) is 0. The molecule has 0 saturated heterocycles. The highest BCUT2D eigenvalue weighted by atomic mass is 19.4. The number of benzene rings is 1. The number of hydrogen-bond donors (Lipinski definition) is 0. The molecule has 0 spiro atoms. The smallest absolute Gasteiger partial charge is 0.422 e. The molecule has 0 aliphatic rings. The fraction of sp³-hybridized carbons (Fsp3) is 0.571. The Bertz CT molecular complexity index is 368. The molecule has 0 atom stereocenters. The first-order chi connectivity index (χ1) is 8.22. The Balaban J connectivity index is 3.11. The Morgan fingerprint density at radius 3 is 1.78 bits per heavy atom. The Labute approximate surface area is 106 Å². The summed E-state index contributed by atoms with van der Waals surface area (Å²) >= 11 is 0. The van der Waals surface area contributed by atoms with E-state index in [1.54, 1.807) is 0 Å². The second-order valence-corrected chi connectivity index (χ2v) is 4.98. The Morgan fingerprint density at radius 2 is 1.44 bits per heavy atom. The molecule has 102 valence electrons. The predicted octanol–water partition coefficient (Wildman–Crippen LogP) is 4.87. The maximum absolute atomic E-state index is 12.3. The summed E-state index contributed by atoms with van der Waals surface area (Å²) in [6.07, 6.45) is -4.31. The lowest BCUT2D eigenvalue weighted by Gasteiger charge is -2.20. The summed E-state index contributed by atoms with van der Waals surface area (Å²) in [6.45, 7) is 6.54. The van der Waals surface area contributed by atoms with Crippen LogP contribution in [0.4, 0.5) is 13.2 Å². The highest BCUT2D eigenvalue weighted by molar-refractivity contribution is 5.44. The molecule has 1 aromatic rings. The van der Waals surface area contributed by atoms with Crippen LogP contribution in [0.5, 0.6) is 5.75 Å². The van der Waals surface area contributed by atoms with E-state index >= 15 is 0 Å². The lowest BCUT2D eigenvalue weighted by atomic mass is 9.94. The van der Waals surface area contributed by atoms with Gasteiger partial charge in [0.25, 0.3) is 0 Å². The first-order valence-electron chi connectivity index (χ1n) is 6.04. The molecule has 0 aliphatic carbocycles. The molecule has 0 fully saturated rings.